The van der Waals surface area contributed by atoms with Crippen molar-refractivity contribution in [3.05, 3.63) is 53.1 Å². The number of nitrogen functional groups attached to an aromatic ring is 1. The minimum atomic E-state index is -0.0920. The number of nitrogens with one attached hydrogen (secondary N) is 1. The Kier molecular flexibility index (Phi) is 6.55. The first kappa shape index (κ1) is 19.5. The topological polar surface area (TPSA) is 70.8 Å². The molecule has 6 nitrogen and oxygen atoms in total. The lowest BCUT2D eigenvalue weighted by Crippen LogP contribution is -2.48. The highest BCUT2D eigenvalue weighted by Crippen LogP contribution is 2.32. The second-order valence-electron chi connectivity index (χ2n) is 6.66. The molecule has 0 bridgehead atoms. The number of methoxy groups -OCH3 is 1. The first-order valence-corrected chi connectivity index (χ1v) is 9.34. The van der Waals surface area contributed by atoms with E-state index in [0.717, 1.165) is 32.7 Å². The highest BCUT2D eigenvalue weighted by Gasteiger charge is 2.20. The molecule has 2 aromatic rings. The predicted molar refractivity (Wildman–Crippen MR) is 109 cm³/mol. The molecule has 1 fully saturated rings. The largest absolute Gasteiger partial charge is 0.494 e. The van der Waals surface area contributed by atoms with Gasteiger partial charge in [-0.1, -0.05) is 41.9 Å². The summed E-state index contributed by atoms with van der Waals surface area (Å²) in [5.41, 5.74) is 8.04. The Morgan fingerprint density at radius 3 is 2.48 bits per heavy atom. The Labute approximate surface area is 164 Å². The number of carbonyl (C=O) groups excluding carboxylic acids is 1. The highest BCUT2D eigenvalue weighted by atomic mass is 35.5. The van der Waals surface area contributed by atoms with Crippen molar-refractivity contribution in [1.29, 1.82) is 0 Å². The van der Waals surface area contributed by atoms with Crippen molar-refractivity contribution < 1.29 is 9.53 Å². The number of hydrogen-bond acceptors (Lipinski definition) is 5. The third-order valence-corrected chi connectivity index (χ3v) is 5.00. The van der Waals surface area contributed by atoms with Gasteiger partial charge >= 0.3 is 0 Å². The molecule has 3 N–H and O–H groups in total. The quantitative estimate of drug-likeness (QED) is 0.744. The molecule has 3 rings (SSSR count). The number of halogens is 1. The molecule has 0 spiro atoms. The maximum atomic E-state index is 12.4. The Bertz CT molecular complexity index is 777. The van der Waals surface area contributed by atoms with E-state index in [1.165, 1.54) is 12.7 Å². The molecular formula is C20H25ClN4O2. The zero-order valence-electron chi connectivity index (χ0n) is 15.5. The molecular weight excluding hydrogens is 364 g/mol. The summed E-state index contributed by atoms with van der Waals surface area (Å²) >= 11 is 6.05. The molecule has 0 atom stereocenters. The third kappa shape index (κ3) is 5.35. The minimum Gasteiger partial charge on any atom is -0.494 e. The molecule has 0 unspecified atom stereocenters. The van der Waals surface area contributed by atoms with Crippen LogP contribution in [0.5, 0.6) is 5.75 Å². The lowest BCUT2D eigenvalue weighted by molar-refractivity contribution is -0.117. The van der Waals surface area contributed by atoms with Crippen molar-refractivity contribution in [1.82, 2.24) is 9.80 Å². The summed E-state index contributed by atoms with van der Waals surface area (Å²) in [5, 5.41) is 3.26. The average Bonchev–Trinajstić information content (AvgIpc) is 2.67. The van der Waals surface area contributed by atoms with Crippen LogP contribution in [-0.4, -0.2) is 55.5 Å². The Hall–Kier alpha value is -2.28. The number of amides is 1. The first-order chi connectivity index (χ1) is 13.0. The van der Waals surface area contributed by atoms with Crippen molar-refractivity contribution in [2.45, 2.75) is 6.54 Å². The van der Waals surface area contributed by atoms with Gasteiger partial charge in [0.15, 0.2) is 0 Å². The number of benzene rings is 2. The van der Waals surface area contributed by atoms with Crippen LogP contribution in [0, 0.1) is 0 Å². The second-order valence-corrected chi connectivity index (χ2v) is 7.07. The predicted octanol–water partition coefficient (Wildman–Crippen LogP) is 2.69. The van der Waals surface area contributed by atoms with Crippen LogP contribution in [-0.2, 0) is 11.3 Å². The van der Waals surface area contributed by atoms with Crippen LogP contribution in [0.25, 0.3) is 0 Å². The van der Waals surface area contributed by atoms with Crippen molar-refractivity contribution in [2.24, 2.45) is 0 Å². The summed E-state index contributed by atoms with van der Waals surface area (Å²) in [5.74, 6) is 0.406. The second kappa shape index (κ2) is 9.08. The molecule has 7 heteroatoms. The number of rotatable bonds is 6. The molecule has 0 saturated carbocycles. The van der Waals surface area contributed by atoms with Crippen LogP contribution >= 0.6 is 11.6 Å². The molecule has 1 amide bonds. The fourth-order valence-electron chi connectivity index (χ4n) is 3.18. The highest BCUT2D eigenvalue weighted by molar-refractivity contribution is 6.33. The lowest BCUT2D eigenvalue weighted by atomic mass is 10.2. The summed E-state index contributed by atoms with van der Waals surface area (Å²) in [6, 6.07) is 13.7. The number of ether oxygens (including phenoxy) is 1. The first-order valence-electron chi connectivity index (χ1n) is 8.96. The molecule has 0 aromatic heterocycles. The summed E-state index contributed by atoms with van der Waals surface area (Å²) in [6.45, 7) is 4.89. The molecule has 1 saturated heterocycles. The number of hydrogen-bond donors (Lipinski definition) is 2. The number of piperazine rings is 1. The number of nitrogens with two attached hydrogens (primary N) is 1. The average molecular weight is 389 g/mol. The van der Waals surface area contributed by atoms with Gasteiger partial charge in [0.25, 0.3) is 0 Å². The normalized spacial score (nSPS) is 15.5. The van der Waals surface area contributed by atoms with E-state index in [9.17, 15) is 4.79 Å². The van der Waals surface area contributed by atoms with Gasteiger partial charge in [-0.25, -0.2) is 0 Å². The summed E-state index contributed by atoms with van der Waals surface area (Å²) in [6.07, 6.45) is 0. The van der Waals surface area contributed by atoms with Crippen LogP contribution in [0.4, 0.5) is 11.4 Å². The van der Waals surface area contributed by atoms with Gasteiger partial charge < -0.3 is 15.8 Å². The van der Waals surface area contributed by atoms with Crippen molar-refractivity contribution in [3.63, 3.8) is 0 Å². The van der Waals surface area contributed by atoms with E-state index in [1.54, 1.807) is 12.1 Å². The van der Waals surface area contributed by atoms with Crippen LogP contribution in [0.1, 0.15) is 5.56 Å². The van der Waals surface area contributed by atoms with E-state index >= 15 is 0 Å². The number of anilines is 2. The van der Waals surface area contributed by atoms with Gasteiger partial charge in [-0.05, 0) is 11.6 Å². The summed E-state index contributed by atoms with van der Waals surface area (Å²) in [4.78, 5) is 17.0. The van der Waals surface area contributed by atoms with Gasteiger partial charge in [-0.15, -0.1) is 0 Å². The summed E-state index contributed by atoms with van der Waals surface area (Å²) < 4.78 is 5.27. The van der Waals surface area contributed by atoms with E-state index < -0.39 is 0 Å². The van der Waals surface area contributed by atoms with E-state index in [2.05, 4.69) is 39.4 Å². The zero-order valence-corrected chi connectivity index (χ0v) is 16.2. The molecule has 0 aliphatic carbocycles. The maximum absolute atomic E-state index is 12.4. The van der Waals surface area contributed by atoms with Crippen molar-refractivity contribution >= 4 is 28.9 Å². The smallest absolute Gasteiger partial charge is 0.238 e. The standard InChI is InChI=1S/C20H25ClN4O2/c1-27-19-12-17(22)16(21)11-18(19)23-20(26)14-25-9-7-24(8-10-25)13-15-5-3-2-4-6-15/h2-6,11-12H,7-10,13-14,22H2,1H3,(H,23,26). The van der Waals surface area contributed by atoms with Crippen molar-refractivity contribution in [3.8, 4) is 5.75 Å². The molecule has 1 aliphatic rings. The van der Waals surface area contributed by atoms with Crippen LogP contribution in [0.15, 0.2) is 42.5 Å². The monoisotopic (exact) mass is 388 g/mol. The van der Waals surface area contributed by atoms with Gasteiger partial charge in [0.05, 0.1) is 30.1 Å². The van der Waals surface area contributed by atoms with Gasteiger partial charge in [0, 0.05) is 38.8 Å². The van der Waals surface area contributed by atoms with Gasteiger partial charge in [-0.3, -0.25) is 14.6 Å². The van der Waals surface area contributed by atoms with Gasteiger partial charge in [0.1, 0.15) is 5.75 Å². The lowest BCUT2D eigenvalue weighted by Gasteiger charge is -2.34. The van der Waals surface area contributed by atoms with Crippen LogP contribution in [0.2, 0.25) is 5.02 Å². The number of carbonyl (C=O) groups is 1. The fourth-order valence-corrected chi connectivity index (χ4v) is 3.34. The van der Waals surface area contributed by atoms with Gasteiger partial charge in [-0.2, -0.15) is 0 Å². The molecule has 0 radical (unpaired) electrons. The zero-order chi connectivity index (χ0) is 19.2. The maximum Gasteiger partial charge on any atom is 0.238 e. The SMILES string of the molecule is COc1cc(N)c(Cl)cc1NC(=O)CN1CCN(Cc2ccccc2)CC1. The van der Waals surface area contributed by atoms with Crippen LogP contribution in [0.3, 0.4) is 0 Å². The summed E-state index contributed by atoms with van der Waals surface area (Å²) in [7, 11) is 1.53. The molecule has 1 aliphatic heterocycles. The van der Waals surface area contributed by atoms with Crippen molar-refractivity contribution in [2.75, 3.05) is 50.9 Å². The molecule has 144 valence electrons. The molecule has 1 heterocycles. The minimum absolute atomic E-state index is 0.0920. The third-order valence-electron chi connectivity index (χ3n) is 4.67. The van der Waals surface area contributed by atoms with E-state index in [-0.39, 0.29) is 5.91 Å². The van der Waals surface area contributed by atoms with Crippen LogP contribution < -0.4 is 15.8 Å². The Balaban J connectivity index is 1.49. The molecule has 27 heavy (non-hydrogen) atoms. The fraction of sp³-hybridized carbons (Fsp3) is 0.350. The Morgan fingerprint density at radius 1 is 1.15 bits per heavy atom. The van der Waals surface area contributed by atoms with E-state index in [4.69, 9.17) is 22.1 Å². The Morgan fingerprint density at radius 2 is 1.81 bits per heavy atom. The number of nitrogens with zero attached hydrogens (tertiary/aromatic N) is 2. The van der Waals surface area contributed by atoms with E-state index in [0.29, 0.717) is 28.7 Å². The van der Waals surface area contributed by atoms with E-state index in [1.807, 2.05) is 6.07 Å². The molecule has 2 aromatic carbocycles. The van der Waals surface area contributed by atoms with Gasteiger partial charge in [0.2, 0.25) is 5.91 Å².